The zero-order valence-corrected chi connectivity index (χ0v) is 14.6. The minimum absolute atomic E-state index is 0.199. The van der Waals surface area contributed by atoms with Crippen molar-refractivity contribution in [3.63, 3.8) is 0 Å². The van der Waals surface area contributed by atoms with Crippen LogP contribution in [0.1, 0.15) is 30.6 Å². The molecule has 0 amide bonds. The van der Waals surface area contributed by atoms with E-state index < -0.39 is 5.97 Å². The number of nitrogens with zero attached hydrogens (tertiary/aromatic N) is 1. The number of hydrogen-bond donors (Lipinski definition) is 2. The van der Waals surface area contributed by atoms with Gasteiger partial charge < -0.3 is 10.4 Å². The molecule has 1 heterocycles. The van der Waals surface area contributed by atoms with Crippen molar-refractivity contribution in [1.29, 1.82) is 0 Å². The van der Waals surface area contributed by atoms with Crippen LogP contribution in [0.3, 0.4) is 0 Å². The average molecular weight is 344 g/mol. The van der Waals surface area contributed by atoms with E-state index in [1.165, 1.54) is 27.8 Å². The Morgan fingerprint density at radius 1 is 1.29 bits per heavy atom. The van der Waals surface area contributed by atoms with Crippen molar-refractivity contribution in [2.45, 2.75) is 44.3 Å². The lowest BCUT2D eigenvalue weighted by Crippen LogP contribution is -2.54. The molecule has 0 unspecified atom stereocenters. The fourth-order valence-corrected chi connectivity index (χ4v) is 4.59. The number of rotatable bonds is 8. The topological polar surface area (TPSA) is 52.6 Å². The van der Waals surface area contributed by atoms with Crippen molar-refractivity contribution in [2.75, 3.05) is 13.1 Å². The highest BCUT2D eigenvalue weighted by atomic mass is 32.1. The summed E-state index contributed by atoms with van der Waals surface area (Å²) in [6.45, 7) is 2.09. The van der Waals surface area contributed by atoms with Gasteiger partial charge in [-0.15, -0.1) is 11.3 Å². The summed E-state index contributed by atoms with van der Waals surface area (Å²) in [6.07, 6.45) is 4.70. The second kappa shape index (κ2) is 6.82. The predicted octanol–water partition coefficient (Wildman–Crippen LogP) is 3.32. The number of hydrogen-bond acceptors (Lipinski definition) is 4. The maximum Gasteiger partial charge on any atom is 0.317 e. The third kappa shape index (κ3) is 3.79. The van der Waals surface area contributed by atoms with Crippen molar-refractivity contribution in [1.82, 2.24) is 10.2 Å². The molecular formula is C19H24N2O2S. The Morgan fingerprint density at radius 2 is 2.08 bits per heavy atom. The van der Waals surface area contributed by atoms with Gasteiger partial charge in [0.1, 0.15) is 0 Å². The zero-order valence-electron chi connectivity index (χ0n) is 13.8. The molecule has 4 nitrogen and oxygen atoms in total. The van der Waals surface area contributed by atoms with Crippen LogP contribution in [0.4, 0.5) is 0 Å². The van der Waals surface area contributed by atoms with Crippen molar-refractivity contribution in [3.8, 4) is 0 Å². The number of carboxylic acid groups (broad SMARTS) is 1. The molecule has 2 fully saturated rings. The molecule has 5 heteroatoms. The van der Waals surface area contributed by atoms with Crippen molar-refractivity contribution in [3.05, 3.63) is 35.2 Å². The molecule has 2 aromatic rings. The highest BCUT2D eigenvalue weighted by Crippen LogP contribution is 2.34. The van der Waals surface area contributed by atoms with Gasteiger partial charge in [-0.2, -0.15) is 0 Å². The maximum absolute atomic E-state index is 11.1. The highest BCUT2D eigenvalue weighted by molar-refractivity contribution is 7.19. The Kier molecular flexibility index (Phi) is 4.57. The van der Waals surface area contributed by atoms with Crippen molar-refractivity contribution < 1.29 is 9.90 Å². The highest BCUT2D eigenvalue weighted by Gasteiger charge is 2.36. The fraction of sp³-hybridized carbons (Fsp3) is 0.526. The molecule has 2 aliphatic carbocycles. The molecule has 0 atom stereocenters. The fourth-order valence-electron chi connectivity index (χ4n) is 3.57. The molecule has 2 N–H and O–H groups in total. The van der Waals surface area contributed by atoms with Gasteiger partial charge in [0.2, 0.25) is 0 Å². The van der Waals surface area contributed by atoms with E-state index in [1.807, 2.05) is 11.3 Å². The summed E-state index contributed by atoms with van der Waals surface area (Å²) in [5, 5.41) is 14.1. The first kappa shape index (κ1) is 16.1. The molecule has 0 spiro atoms. The van der Waals surface area contributed by atoms with E-state index in [0.717, 1.165) is 31.8 Å². The molecule has 128 valence electrons. The first-order valence-corrected chi connectivity index (χ1v) is 9.65. The van der Waals surface area contributed by atoms with Crippen molar-refractivity contribution in [2.24, 2.45) is 5.92 Å². The Bertz CT molecular complexity index is 686. The van der Waals surface area contributed by atoms with Gasteiger partial charge >= 0.3 is 5.97 Å². The summed E-state index contributed by atoms with van der Waals surface area (Å²) in [5.41, 5.74) is 0. The van der Waals surface area contributed by atoms with Gasteiger partial charge in [-0.3, -0.25) is 9.69 Å². The number of carboxylic acids is 1. The molecule has 0 aliphatic heterocycles. The molecule has 1 aromatic carbocycles. The van der Waals surface area contributed by atoms with Gasteiger partial charge in [-0.25, -0.2) is 0 Å². The van der Waals surface area contributed by atoms with Crippen LogP contribution in [-0.2, 0) is 11.3 Å². The standard InChI is InChI=1S/C19H24N2O2S/c22-19(23)12-21(11-13-5-6-13)16-8-15(9-16)20-10-17-7-14-3-1-2-4-18(14)24-17/h1-4,7,13,15-16,20H,5-6,8-12H2,(H,22,23). The number of nitrogens with one attached hydrogen (secondary N) is 1. The number of aliphatic carboxylic acids is 1. The van der Waals surface area contributed by atoms with Crippen LogP contribution in [-0.4, -0.2) is 41.1 Å². The zero-order chi connectivity index (χ0) is 16.5. The Morgan fingerprint density at radius 3 is 2.79 bits per heavy atom. The van der Waals surface area contributed by atoms with Crippen molar-refractivity contribution >= 4 is 27.4 Å². The summed E-state index contributed by atoms with van der Waals surface area (Å²) >= 11 is 1.86. The van der Waals surface area contributed by atoms with Crippen LogP contribution in [0.2, 0.25) is 0 Å². The molecule has 4 rings (SSSR count). The van der Waals surface area contributed by atoms with E-state index in [9.17, 15) is 4.79 Å². The van der Waals surface area contributed by atoms with E-state index in [1.54, 1.807) is 0 Å². The maximum atomic E-state index is 11.1. The third-order valence-corrected chi connectivity index (χ3v) is 6.32. The van der Waals surface area contributed by atoms with Crippen LogP contribution < -0.4 is 5.32 Å². The summed E-state index contributed by atoms with van der Waals surface area (Å²) in [5.74, 6) is 0.0484. The second-order valence-electron chi connectivity index (χ2n) is 7.22. The minimum Gasteiger partial charge on any atom is -0.480 e. The van der Waals surface area contributed by atoms with Gasteiger partial charge in [0, 0.05) is 34.8 Å². The number of fused-ring (bicyclic) bond motifs is 1. The SMILES string of the molecule is O=C(O)CN(CC1CC1)C1CC(NCc2cc3ccccc3s2)C1. The largest absolute Gasteiger partial charge is 0.480 e. The number of benzene rings is 1. The van der Waals surface area contributed by atoms with E-state index >= 15 is 0 Å². The molecular weight excluding hydrogens is 320 g/mol. The number of carbonyl (C=O) groups is 1. The van der Waals surface area contributed by atoms with Gasteiger partial charge in [-0.05, 0) is 49.1 Å². The van der Waals surface area contributed by atoms with E-state index in [0.29, 0.717) is 12.1 Å². The first-order chi connectivity index (χ1) is 11.7. The predicted molar refractivity (Wildman–Crippen MR) is 97.4 cm³/mol. The van der Waals surface area contributed by atoms with Crippen LogP contribution in [0.15, 0.2) is 30.3 Å². The third-order valence-electron chi connectivity index (χ3n) is 5.20. The molecule has 0 radical (unpaired) electrons. The second-order valence-corrected chi connectivity index (χ2v) is 8.39. The summed E-state index contributed by atoms with van der Waals surface area (Å²) in [6, 6.07) is 11.7. The quantitative estimate of drug-likeness (QED) is 0.771. The Balaban J connectivity index is 1.26. The summed E-state index contributed by atoms with van der Waals surface area (Å²) in [7, 11) is 0. The Labute approximate surface area is 146 Å². The average Bonchev–Trinajstić information content (AvgIpc) is 3.21. The first-order valence-electron chi connectivity index (χ1n) is 8.84. The monoisotopic (exact) mass is 344 g/mol. The lowest BCUT2D eigenvalue weighted by atomic mass is 9.85. The molecule has 2 aliphatic rings. The Hall–Kier alpha value is -1.43. The van der Waals surface area contributed by atoms with Crippen LogP contribution in [0.25, 0.3) is 10.1 Å². The lowest BCUT2D eigenvalue weighted by Gasteiger charge is -2.43. The number of thiophene rings is 1. The lowest BCUT2D eigenvalue weighted by molar-refractivity contribution is -0.139. The summed E-state index contributed by atoms with van der Waals surface area (Å²) < 4.78 is 1.35. The van der Waals surface area contributed by atoms with E-state index in [2.05, 4.69) is 40.5 Å². The molecule has 0 bridgehead atoms. The van der Waals surface area contributed by atoms with E-state index in [4.69, 9.17) is 5.11 Å². The molecule has 1 aromatic heterocycles. The van der Waals surface area contributed by atoms with Crippen LogP contribution >= 0.6 is 11.3 Å². The van der Waals surface area contributed by atoms with Gasteiger partial charge in [0.05, 0.1) is 6.54 Å². The van der Waals surface area contributed by atoms with Gasteiger partial charge in [0.15, 0.2) is 0 Å². The van der Waals surface area contributed by atoms with E-state index in [-0.39, 0.29) is 6.54 Å². The van der Waals surface area contributed by atoms with Gasteiger partial charge in [-0.1, -0.05) is 18.2 Å². The van der Waals surface area contributed by atoms with Crippen LogP contribution in [0, 0.1) is 5.92 Å². The van der Waals surface area contributed by atoms with Crippen LogP contribution in [0.5, 0.6) is 0 Å². The smallest absolute Gasteiger partial charge is 0.317 e. The minimum atomic E-state index is -0.697. The molecule has 0 saturated heterocycles. The molecule has 24 heavy (non-hydrogen) atoms. The summed E-state index contributed by atoms with van der Waals surface area (Å²) in [4.78, 5) is 14.6. The normalized spacial score (nSPS) is 23.5. The van der Waals surface area contributed by atoms with Gasteiger partial charge in [0.25, 0.3) is 0 Å². The molecule has 2 saturated carbocycles.